The fourth-order valence-electron chi connectivity index (χ4n) is 1.56. The lowest BCUT2D eigenvalue weighted by Gasteiger charge is -2.04. The molecular formula is C13H12N2O. The van der Waals surface area contributed by atoms with Crippen LogP contribution in [0, 0.1) is 6.92 Å². The Kier molecular flexibility index (Phi) is 2.68. The molecule has 2 N–H and O–H groups in total. The van der Waals surface area contributed by atoms with E-state index in [0.717, 1.165) is 16.8 Å². The topological polar surface area (TPSA) is 56.0 Å². The zero-order valence-electron chi connectivity index (χ0n) is 8.97. The summed E-state index contributed by atoms with van der Waals surface area (Å²) in [5, 5.41) is 0. The lowest BCUT2D eigenvalue weighted by atomic mass is 10.0. The summed E-state index contributed by atoms with van der Waals surface area (Å²) in [6, 6.07) is 11.5. The molecule has 0 radical (unpaired) electrons. The molecule has 16 heavy (non-hydrogen) atoms. The monoisotopic (exact) mass is 212 g/mol. The van der Waals surface area contributed by atoms with Gasteiger partial charge in [0.15, 0.2) is 0 Å². The molecule has 0 aliphatic carbocycles. The standard InChI is InChI=1S/C13H12N2O/c1-9-4-2-3-5-11(9)12-7-6-10(8-15-12)13(14)16/h2-8H,1H3,(H2,14,16). The van der Waals surface area contributed by atoms with Crippen LogP contribution >= 0.6 is 0 Å². The van der Waals surface area contributed by atoms with E-state index >= 15 is 0 Å². The molecule has 1 aromatic heterocycles. The third-order valence-electron chi connectivity index (χ3n) is 2.47. The highest BCUT2D eigenvalue weighted by molar-refractivity contribution is 5.92. The number of primary amides is 1. The predicted molar refractivity (Wildman–Crippen MR) is 62.9 cm³/mol. The number of aromatic nitrogens is 1. The van der Waals surface area contributed by atoms with Crippen LogP contribution in [0.2, 0.25) is 0 Å². The highest BCUT2D eigenvalue weighted by Gasteiger charge is 2.04. The SMILES string of the molecule is Cc1ccccc1-c1ccc(C(N)=O)cn1. The number of hydrogen-bond donors (Lipinski definition) is 1. The van der Waals surface area contributed by atoms with Gasteiger partial charge in [-0.3, -0.25) is 9.78 Å². The van der Waals surface area contributed by atoms with Crippen molar-refractivity contribution >= 4 is 5.91 Å². The molecule has 80 valence electrons. The number of nitrogens with two attached hydrogens (primary N) is 1. The van der Waals surface area contributed by atoms with Crippen LogP contribution in [0.15, 0.2) is 42.6 Å². The lowest BCUT2D eigenvalue weighted by molar-refractivity contribution is 0.1000. The summed E-state index contributed by atoms with van der Waals surface area (Å²) in [5.74, 6) is -0.455. The summed E-state index contributed by atoms with van der Waals surface area (Å²) in [7, 11) is 0. The molecule has 0 fully saturated rings. The Hall–Kier alpha value is -2.16. The number of carbonyl (C=O) groups excluding carboxylic acids is 1. The molecule has 0 saturated heterocycles. The third kappa shape index (κ3) is 1.93. The van der Waals surface area contributed by atoms with Gasteiger partial charge in [0.2, 0.25) is 5.91 Å². The summed E-state index contributed by atoms with van der Waals surface area (Å²) in [6.45, 7) is 2.03. The number of carbonyl (C=O) groups is 1. The van der Waals surface area contributed by atoms with E-state index in [4.69, 9.17) is 5.73 Å². The maximum atomic E-state index is 10.9. The maximum absolute atomic E-state index is 10.9. The van der Waals surface area contributed by atoms with Crippen molar-refractivity contribution in [2.45, 2.75) is 6.92 Å². The number of pyridine rings is 1. The normalized spacial score (nSPS) is 10.1. The highest BCUT2D eigenvalue weighted by atomic mass is 16.1. The van der Waals surface area contributed by atoms with Crippen molar-refractivity contribution in [1.29, 1.82) is 0 Å². The lowest BCUT2D eigenvalue weighted by Crippen LogP contribution is -2.10. The number of hydrogen-bond acceptors (Lipinski definition) is 2. The van der Waals surface area contributed by atoms with E-state index in [1.807, 2.05) is 37.3 Å². The van der Waals surface area contributed by atoms with Crippen LogP contribution < -0.4 is 5.73 Å². The number of nitrogens with zero attached hydrogens (tertiary/aromatic N) is 1. The second kappa shape index (κ2) is 4.14. The molecule has 0 unspecified atom stereocenters. The molecule has 1 aromatic carbocycles. The largest absolute Gasteiger partial charge is 0.366 e. The Bertz CT molecular complexity index is 518. The molecule has 0 atom stereocenters. The Morgan fingerprint density at radius 2 is 1.94 bits per heavy atom. The van der Waals surface area contributed by atoms with E-state index < -0.39 is 5.91 Å². The first-order valence-corrected chi connectivity index (χ1v) is 5.00. The Morgan fingerprint density at radius 1 is 1.19 bits per heavy atom. The minimum absolute atomic E-state index is 0.428. The molecule has 2 aromatic rings. The van der Waals surface area contributed by atoms with Crippen molar-refractivity contribution < 1.29 is 4.79 Å². The molecule has 0 aliphatic rings. The molecule has 0 aliphatic heterocycles. The molecule has 0 spiro atoms. The van der Waals surface area contributed by atoms with Gasteiger partial charge in [-0.1, -0.05) is 24.3 Å². The van der Waals surface area contributed by atoms with Crippen LogP contribution in [0.5, 0.6) is 0 Å². The average molecular weight is 212 g/mol. The van der Waals surface area contributed by atoms with E-state index in [1.165, 1.54) is 6.20 Å². The summed E-state index contributed by atoms with van der Waals surface area (Å²) in [5.41, 5.74) is 8.65. The predicted octanol–water partition coefficient (Wildman–Crippen LogP) is 2.16. The summed E-state index contributed by atoms with van der Waals surface area (Å²) in [4.78, 5) is 15.1. The number of benzene rings is 1. The van der Waals surface area contributed by atoms with E-state index in [1.54, 1.807) is 6.07 Å². The van der Waals surface area contributed by atoms with Gasteiger partial charge in [-0.15, -0.1) is 0 Å². The first-order valence-electron chi connectivity index (χ1n) is 5.00. The molecule has 0 bridgehead atoms. The summed E-state index contributed by atoms with van der Waals surface area (Å²) in [6.07, 6.45) is 1.50. The van der Waals surface area contributed by atoms with Crippen molar-refractivity contribution in [3.8, 4) is 11.3 Å². The summed E-state index contributed by atoms with van der Waals surface area (Å²) < 4.78 is 0. The number of rotatable bonds is 2. The van der Waals surface area contributed by atoms with Gasteiger partial charge in [0.05, 0.1) is 11.3 Å². The maximum Gasteiger partial charge on any atom is 0.250 e. The van der Waals surface area contributed by atoms with Crippen LogP contribution in [0.25, 0.3) is 11.3 Å². The molecule has 3 heteroatoms. The van der Waals surface area contributed by atoms with Crippen LogP contribution in [-0.4, -0.2) is 10.9 Å². The van der Waals surface area contributed by atoms with E-state index in [-0.39, 0.29) is 0 Å². The molecule has 1 heterocycles. The quantitative estimate of drug-likeness (QED) is 0.829. The average Bonchev–Trinajstić information content (AvgIpc) is 2.30. The zero-order valence-corrected chi connectivity index (χ0v) is 8.97. The van der Waals surface area contributed by atoms with Crippen molar-refractivity contribution in [2.24, 2.45) is 5.73 Å². The Balaban J connectivity index is 2.43. The number of amides is 1. The second-order valence-corrected chi connectivity index (χ2v) is 3.61. The van der Waals surface area contributed by atoms with Gasteiger partial charge < -0.3 is 5.73 Å². The van der Waals surface area contributed by atoms with Crippen LogP contribution in [0.3, 0.4) is 0 Å². The van der Waals surface area contributed by atoms with Gasteiger partial charge in [-0.2, -0.15) is 0 Å². The zero-order chi connectivity index (χ0) is 11.5. The second-order valence-electron chi connectivity index (χ2n) is 3.61. The Labute approximate surface area is 93.9 Å². The fraction of sp³-hybridized carbons (Fsp3) is 0.0769. The van der Waals surface area contributed by atoms with Crippen molar-refractivity contribution in [1.82, 2.24) is 4.98 Å². The van der Waals surface area contributed by atoms with Gasteiger partial charge in [0.25, 0.3) is 0 Å². The van der Waals surface area contributed by atoms with Gasteiger partial charge in [-0.05, 0) is 24.6 Å². The smallest absolute Gasteiger partial charge is 0.250 e. The minimum Gasteiger partial charge on any atom is -0.366 e. The van der Waals surface area contributed by atoms with Crippen molar-refractivity contribution in [2.75, 3.05) is 0 Å². The molecule has 2 rings (SSSR count). The van der Waals surface area contributed by atoms with Gasteiger partial charge in [-0.25, -0.2) is 0 Å². The minimum atomic E-state index is -0.455. The molecule has 3 nitrogen and oxygen atoms in total. The Morgan fingerprint density at radius 3 is 2.50 bits per heavy atom. The summed E-state index contributed by atoms with van der Waals surface area (Å²) >= 11 is 0. The van der Waals surface area contributed by atoms with Gasteiger partial charge in [0, 0.05) is 11.8 Å². The first kappa shape index (κ1) is 10.4. The van der Waals surface area contributed by atoms with E-state index in [9.17, 15) is 4.79 Å². The third-order valence-corrected chi connectivity index (χ3v) is 2.47. The van der Waals surface area contributed by atoms with Crippen LogP contribution in [-0.2, 0) is 0 Å². The van der Waals surface area contributed by atoms with Gasteiger partial charge >= 0.3 is 0 Å². The molecule has 0 saturated carbocycles. The molecular weight excluding hydrogens is 200 g/mol. The van der Waals surface area contributed by atoms with Crippen LogP contribution in [0.4, 0.5) is 0 Å². The van der Waals surface area contributed by atoms with E-state index in [0.29, 0.717) is 5.56 Å². The molecule has 1 amide bonds. The number of aryl methyl sites for hydroxylation is 1. The van der Waals surface area contributed by atoms with Crippen LogP contribution in [0.1, 0.15) is 15.9 Å². The fourth-order valence-corrected chi connectivity index (χ4v) is 1.56. The van der Waals surface area contributed by atoms with Crippen molar-refractivity contribution in [3.05, 3.63) is 53.7 Å². The van der Waals surface area contributed by atoms with Crippen molar-refractivity contribution in [3.63, 3.8) is 0 Å². The van der Waals surface area contributed by atoms with Gasteiger partial charge in [0.1, 0.15) is 0 Å². The highest BCUT2D eigenvalue weighted by Crippen LogP contribution is 2.20. The van der Waals surface area contributed by atoms with E-state index in [2.05, 4.69) is 4.98 Å². The first-order chi connectivity index (χ1) is 7.68.